The molecular formula is C22H23F3O. The first-order chi connectivity index (χ1) is 12.0. The number of alkyl halides is 3. The van der Waals surface area contributed by atoms with Gasteiger partial charge in [0.2, 0.25) is 0 Å². The minimum Gasteiger partial charge on any atom is -0.294 e. The van der Waals surface area contributed by atoms with E-state index in [4.69, 9.17) is 0 Å². The lowest BCUT2D eigenvalue weighted by molar-refractivity contribution is -0.137. The molecule has 0 bridgehead atoms. The average Bonchev–Trinajstić information content (AvgIpc) is 2.55. The van der Waals surface area contributed by atoms with E-state index in [1.165, 1.54) is 12.1 Å². The molecule has 138 valence electrons. The smallest absolute Gasteiger partial charge is 0.294 e. The Kier molecular flexibility index (Phi) is 4.72. The number of hydrogen-bond donors (Lipinski definition) is 0. The van der Waals surface area contributed by atoms with Gasteiger partial charge in [0.25, 0.3) is 0 Å². The van der Waals surface area contributed by atoms with Crippen LogP contribution in [0, 0.1) is 5.41 Å². The number of hydrogen-bond acceptors (Lipinski definition) is 1. The average molecular weight is 360 g/mol. The Labute approximate surface area is 152 Å². The second kappa shape index (κ2) is 6.57. The molecule has 0 saturated heterocycles. The maximum atomic E-state index is 12.8. The minimum absolute atomic E-state index is 0.146. The van der Waals surface area contributed by atoms with Gasteiger partial charge in [-0.15, -0.1) is 0 Å². The highest BCUT2D eigenvalue weighted by atomic mass is 19.4. The van der Waals surface area contributed by atoms with Gasteiger partial charge in [-0.1, -0.05) is 51.1 Å². The summed E-state index contributed by atoms with van der Waals surface area (Å²) < 4.78 is 38.3. The molecule has 0 amide bonds. The van der Waals surface area contributed by atoms with E-state index in [0.29, 0.717) is 12.3 Å². The number of benzene rings is 2. The van der Waals surface area contributed by atoms with Crippen LogP contribution in [0.1, 0.15) is 67.4 Å². The zero-order chi connectivity index (χ0) is 19.1. The number of rotatable bonds is 2. The quantitative estimate of drug-likeness (QED) is 0.571. The largest absolute Gasteiger partial charge is 0.416 e. The fourth-order valence-corrected chi connectivity index (χ4v) is 3.73. The third kappa shape index (κ3) is 4.00. The van der Waals surface area contributed by atoms with E-state index in [-0.39, 0.29) is 11.2 Å². The summed E-state index contributed by atoms with van der Waals surface area (Å²) in [5, 5.41) is 0. The summed E-state index contributed by atoms with van der Waals surface area (Å²) in [6.45, 7) is 6.55. The molecule has 0 saturated carbocycles. The van der Waals surface area contributed by atoms with Gasteiger partial charge in [0.1, 0.15) is 0 Å². The van der Waals surface area contributed by atoms with E-state index in [1.54, 1.807) is 0 Å². The summed E-state index contributed by atoms with van der Waals surface area (Å²) in [5.41, 5.74) is 2.88. The molecule has 2 aromatic rings. The first-order valence-electron chi connectivity index (χ1n) is 8.89. The highest BCUT2D eigenvalue weighted by Crippen LogP contribution is 2.41. The Hall–Kier alpha value is -2.10. The number of Topliss-reactive ketones (excluding diaryl/α,β-unsaturated/α-hetero) is 1. The molecule has 0 aliphatic heterocycles. The van der Waals surface area contributed by atoms with E-state index in [1.807, 2.05) is 18.2 Å². The van der Waals surface area contributed by atoms with Crippen LogP contribution in [0.15, 0.2) is 42.5 Å². The molecule has 1 atom stereocenters. The lowest BCUT2D eigenvalue weighted by atomic mass is 9.73. The summed E-state index contributed by atoms with van der Waals surface area (Å²) in [4.78, 5) is 12.3. The number of ketones is 1. The molecular weight excluding hydrogens is 337 g/mol. The normalized spacial score (nSPS) is 17.9. The highest BCUT2D eigenvalue weighted by molar-refractivity contribution is 5.99. The van der Waals surface area contributed by atoms with Crippen LogP contribution < -0.4 is 0 Å². The van der Waals surface area contributed by atoms with Crippen LogP contribution in [0.25, 0.3) is 11.1 Å². The zero-order valence-electron chi connectivity index (χ0n) is 15.3. The van der Waals surface area contributed by atoms with Crippen LogP contribution >= 0.6 is 0 Å². The summed E-state index contributed by atoms with van der Waals surface area (Å²) >= 11 is 0. The highest BCUT2D eigenvalue weighted by Gasteiger charge is 2.31. The van der Waals surface area contributed by atoms with Crippen molar-refractivity contribution in [3.63, 3.8) is 0 Å². The monoisotopic (exact) mass is 360 g/mol. The van der Waals surface area contributed by atoms with Crippen molar-refractivity contribution >= 4 is 5.78 Å². The van der Waals surface area contributed by atoms with Crippen LogP contribution in [0.2, 0.25) is 0 Å². The van der Waals surface area contributed by atoms with Crippen molar-refractivity contribution < 1.29 is 18.0 Å². The van der Waals surface area contributed by atoms with E-state index < -0.39 is 11.7 Å². The Morgan fingerprint density at radius 3 is 2.15 bits per heavy atom. The van der Waals surface area contributed by atoms with Crippen molar-refractivity contribution in [2.24, 2.45) is 5.41 Å². The maximum absolute atomic E-state index is 12.8. The van der Waals surface area contributed by atoms with Crippen molar-refractivity contribution in [2.45, 2.75) is 52.1 Å². The van der Waals surface area contributed by atoms with Gasteiger partial charge in [-0.25, -0.2) is 0 Å². The van der Waals surface area contributed by atoms with E-state index in [9.17, 15) is 18.0 Å². The predicted octanol–water partition coefficient (Wildman–Crippen LogP) is 6.87. The predicted molar refractivity (Wildman–Crippen MR) is 97.3 cm³/mol. The Morgan fingerprint density at radius 2 is 1.58 bits per heavy atom. The summed E-state index contributed by atoms with van der Waals surface area (Å²) in [7, 11) is 0. The van der Waals surface area contributed by atoms with Gasteiger partial charge in [-0.2, -0.15) is 13.2 Å². The molecule has 0 N–H and O–H groups in total. The third-order valence-corrected chi connectivity index (χ3v) is 4.92. The molecule has 0 heterocycles. The van der Waals surface area contributed by atoms with Crippen LogP contribution in [-0.2, 0) is 6.18 Å². The van der Waals surface area contributed by atoms with Gasteiger partial charge in [0, 0.05) is 12.0 Å². The Morgan fingerprint density at radius 1 is 0.962 bits per heavy atom. The van der Waals surface area contributed by atoms with E-state index >= 15 is 0 Å². The molecule has 0 fully saturated rings. The molecule has 1 aliphatic carbocycles. The first kappa shape index (κ1) is 18.7. The van der Waals surface area contributed by atoms with Crippen LogP contribution in [0.4, 0.5) is 13.2 Å². The molecule has 2 aromatic carbocycles. The van der Waals surface area contributed by atoms with Crippen molar-refractivity contribution in [1.82, 2.24) is 0 Å². The lowest BCUT2D eigenvalue weighted by Crippen LogP contribution is -2.20. The van der Waals surface area contributed by atoms with Crippen LogP contribution in [0.3, 0.4) is 0 Å². The first-order valence-corrected chi connectivity index (χ1v) is 8.89. The molecule has 1 nitrogen and oxygen atoms in total. The Balaban J connectivity index is 1.98. The fourth-order valence-electron chi connectivity index (χ4n) is 3.73. The molecule has 26 heavy (non-hydrogen) atoms. The molecule has 1 aliphatic rings. The van der Waals surface area contributed by atoms with Gasteiger partial charge >= 0.3 is 6.18 Å². The van der Waals surface area contributed by atoms with Crippen molar-refractivity contribution in [3.8, 4) is 11.1 Å². The van der Waals surface area contributed by atoms with Crippen molar-refractivity contribution in [3.05, 3.63) is 59.2 Å². The van der Waals surface area contributed by atoms with Gasteiger partial charge in [0.15, 0.2) is 5.78 Å². The number of carbonyl (C=O) groups is 1. The fraction of sp³-hybridized carbons (Fsp3) is 0.409. The standard InChI is InChI=1S/C22H23F3O/c1-21(2,3)13-16-7-11-20(26)18-10-6-15(12-19(16)18)14-4-8-17(9-5-14)22(23,24)25/h4-6,8-10,12,16H,7,11,13H2,1-3H3. The van der Waals surface area contributed by atoms with Crippen LogP contribution in [0.5, 0.6) is 0 Å². The number of fused-ring (bicyclic) bond motifs is 1. The van der Waals surface area contributed by atoms with Crippen molar-refractivity contribution in [2.75, 3.05) is 0 Å². The molecule has 0 radical (unpaired) electrons. The topological polar surface area (TPSA) is 17.1 Å². The second-order valence-corrected chi connectivity index (χ2v) is 8.30. The number of carbonyl (C=O) groups excluding carboxylic acids is 1. The van der Waals surface area contributed by atoms with Crippen molar-refractivity contribution in [1.29, 1.82) is 0 Å². The minimum atomic E-state index is -4.33. The maximum Gasteiger partial charge on any atom is 0.416 e. The van der Waals surface area contributed by atoms with Gasteiger partial charge < -0.3 is 0 Å². The van der Waals surface area contributed by atoms with Gasteiger partial charge in [-0.3, -0.25) is 4.79 Å². The third-order valence-electron chi connectivity index (χ3n) is 4.92. The summed E-state index contributed by atoms with van der Waals surface area (Å²) in [6, 6.07) is 10.9. The Bertz CT molecular complexity index is 811. The SMILES string of the molecule is CC(C)(C)CC1CCC(=O)c2ccc(-c3ccc(C(F)(F)F)cc3)cc21. The van der Waals surface area contributed by atoms with E-state index in [2.05, 4.69) is 20.8 Å². The zero-order valence-corrected chi connectivity index (χ0v) is 15.3. The molecule has 1 unspecified atom stereocenters. The molecule has 0 spiro atoms. The number of halogens is 3. The molecule has 0 aromatic heterocycles. The van der Waals surface area contributed by atoms with Gasteiger partial charge in [-0.05, 0) is 53.0 Å². The van der Waals surface area contributed by atoms with Gasteiger partial charge in [0.05, 0.1) is 5.56 Å². The molecule has 3 rings (SSSR count). The van der Waals surface area contributed by atoms with E-state index in [0.717, 1.165) is 47.2 Å². The molecule has 4 heteroatoms. The lowest BCUT2D eigenvalue weighted by Gasteiger charge is -2.31. The second-order valence-electron chi connectivity index (χ2n) is 8.30. The van der Waals surface area contributed by atoms with Crippen LogP contribution in [-0.4, -0.2) is 5.78 Å². The summed E-state index contributed by atoms with van der Waals surface area (Å²) in [5.74, 6) is 0.459. The summed E-state index contributed by atoms with van der Waals surface area (Å²) in [6.07, 6.45) is -1.96.